The van der Waals surface area contributed by atoms with Crippen molar-refractivity contribution in [1.82, 2.24) is 0 Å². The van der Waals surface area contributed by atoms with Crippen LogP contribution in [0.3, 0.4) is 0 Å². The molecule has 1 rings (SSSR count). The van der Waals surface area contributed by atoms with Gasteiger partial charge in [-0.25, -0.2) is 0 Å². The summed E-state index contributed by atoms with van der Waals surface area (Å²) in [4.78, 5) is 11.2. The van der Waals surface area contributed by atoms with E-state index in [9.17, 15) is 4.79 Å². The minimum atomic E-state index is -0.498. The number of hydrogen-bond donors (Lipinski definition) is 1. The van der Waals surface area contributed by atoms with Gasteiger partial charge in [-0.05, 0) is 26.0 Å². The first-order chi connectivity index (χ1) is 9.19. The maximum atomic E-state index is 11.2. The predicted molar refractivity (Wildman–Crippen MR) is 72.1 cm³/mol. The number of primary amides is 1. The van der Waals surface area contributed by atoms with Gasteiger partial charge >= 0.3 is 0 Å². The summed E-state index contributed by atoms with van der Waals surface area (Å²) in [6.07, 6.45) is 0.310. The Hall–Kier alpha value is -1.59. The van der Waals surface area contributed by atoms with E-state index in [4.69, 9.17) is 19.9 Å². The smallest absolute Gasteiger partial charge is 0.252 e. The highest BCUT2D eigenvalue weighted by Gasteiger charge is 2.11. The van der Waals surface area contributed by atoms with E-state index in [0.29, 0.717) is 37.6 Å². The van der Waals surface area contributed by atoms with Crippen molar-refractivity contribution in [3.63, 3.8) is 0 Å². The number of para-hydroxylation sites is 1. The van der Waals surface area contributed by atoms with Crippen molar-refractivity contribution in [2.45, 2.75) is 26.6 Å². The molecule has 5 nitrogen and oxygen atoms in total. The molecule has 0 aliphatic heterocycles. The van der Waals surface area contributed by atoms with Gasteiger partial charge in [-0.2, -0.15) is 0 Å². The molecule has 19 heavy (non-hydrogen) atoms. The lowest BCUT2D eigenvalue weighted by atomic mass is 10.2. The lowest BCUT2D eigenvalue weighted by molar-refractivity contribution is -0.142. The van der Waals surface area contributed by atoms with Crippen LogP contribution in [0.25, 0.3) is 0 Å². The van der Waals surface area contributed by atoms with Crippen molar-refractivity contribution in [3.8, 4) is 5.75 Å². The Bertz CT molecular complexity index is 389. The fraction of sp³-hybridized carbons (Fsp3) is 0.500. The van der Waals surface area contributed by atoms with Gasteiger partial charge in [0.15, 0.2) is 6.29 Å². The molecule has 1 aromatic rings. The quantitative estimate of drug-likeness (QED) is 0.694. The molecule has 0 fully saturated rings. The van der Waals surface area contributed by atoms with Gasteiger partial charge in [-0.15, -0.1) is 0 Å². The number of benzene rings is 1. The second-order valence-corrected chi connectivity index (χ2v) is 3.84. The van der Waals surface area contributed by atoms with Gasteiger partial charge in [0.1, 0.15) is 5.75 Å². The third kappa shape index (κ3) is 5.28. The topological polar surface area (TPSA) is 70.8 Å². The normalized spacial score (nSPS) is 10.7. The molecule has 5 heteroatoms. The molecule has 106 valence electrons. The zero-order chi connectivity index (χ0) is 14.1. The maximum absolute atomic E-state index is 11.2. The highest BCUT2D eigenvalue weighted by Crippen LogP contribution is 2.17. The zero-order valence-electron chi connectivity index (χ0n) is 11.4. The minimum Gasteiger partial charge on any atom is -0.493 e. The molecule has 0 saturated carbocycles. The monoisotopic (exact) mass is 267 g/mol. The van der Waals surface area contributed by atoms with Crippen LogP contribution >= 0.6 is 0 Å². The molecule has 0 unspecified atom stereocenters. The predicted octanol–water partition coefficient (Wildman–Crippen LogP) is 1.95. The molecule has 0 radical (unpaired) electrons. The molecule has 0 spiro atoms. The van der Waals surface area contributed by atoms with E-state index in [-0.39, 0.29) is 6.29 Å². The van der Waals surface area contributed by atoms with Gasteiger partial charge in [0.05, 0.1) is 12.2 Å². The third-order valence-electron chi connectivity index (χ3n) is 2.47. The summed E-state index contributed by atoms with van der Waals surface area (Å²) in [5, 5.41) is 0. The molecule has 0 aliphatic carbocycles. The molecule has 0 heterocycles. The first kappa shape index (κ1) is 15.5. The second-order valence-electron chi connectivity index (χ2n) is 3.84. The largest absolute Gasteiger partial charge is 0.493 e. The zero-order valence-corrected chi connectivity index (χ0v) is 11.4. The van der Waals surface area contributed by atoms with Gasteiger partial charge in [-0.3, -0.25) is 4.79 Å². The molecule has 0 saturated heterocycles. The summed E-state index contributed by atoms with van der Waals surface area (Å²) >= 11 is 0. The molecule has 2 N–H and O–H groups in total. The lowest BCUT2D eigenvalue weighted by Crippen LogP contribution is -2.21. The van der Waals surface area contributed by atoms with E-state index in [0.717, 1.165) is 0 Å². The lowest BCUT2D eigenvalue weighted by Gasteiger charge is -2.17. The van der Waals surface area contributed by atoms with Gasteiger partial charge in [0.25, 0.3) is 5.91 Å². The van der Waals surface area contributed by atoms with Crippen LogP contribution in [0.4, 0.5) is 0 Å². The molecular formula is C14H21NO4. The minimum absolute atomic E-state index is 0.282. The van der Waals surface area contributed by atoms with E-state index in [1.54, 1.807) is 24.3 Å². The van der Waals surface area contributed by atoms with Gasteiger partial charge in [-0.1, -0.05) is 12.1 Å². The van der Waals surface area contributed by atoms with Gasteiger partial charge < -0.3 is 19.9 Å². The van der Waals surface area contributed by atoms with Crippen molar-refractivity contribution in [1.29, 1.82) is 0 Å². The Morgan fingerprint density at radius 2 is 1.84 bits per heavy atom. The van der Waals surface area contributed by atoms with Crippen LogP contribution < -0.4 is 10.5 Å². The number of carbonyl (C=O) groups is 1. The number of hydrogen-bond acceptors (Lipinski definition) is 4. The number of amides is 1. The first-order valence-corrected chi connectivity index (χ1v) is 6.43. The Kier molecular flexibility index (Phi) is 6.92. The fourth-order valence-corrected chi connectivity index (χ4v) is 1.65. The second kappa shape index (κ2) is 8.50. The SMILES string of the molecule is CCOC(CCOc1ccccc1C(N)=O)OCC. The Labute approximate surface area is 113 Å². The van der Waals surface area contributed by atoms with E-state index in [2.05, 4.69) is 0 Å². The summed E-state index contributed by atoms with van der Waals surface area (Å²) in [7, 11) is 0. The molecule has 0 bridgehead atoms. The van der Waals surface area contributed by atoms with Crippen LogP contribution in [0.2, 0.25) is 0 Å². The summed E-state index contributed by atoms with van der Waals surface area (Å²) in [6, 6.07) is 6.90. The van der Waals surface area contributed by atoms with E-state index >= 15 is 0 Å². The molecule has 0 atom stereocenters. The molecule has 0 aliphatic rings. The molecule has 1 aromatic carbocycles. The number of carbonyl (C=O) groups excluding carboxylic acids is 1. The number of rotatable bonds is 9. The van der Waals surface area contributed by atoms with Crippen molar-refractivity contribution in [2.75, 3.05) is 19.8 Å². The Morgan fingerprint density at radius 1 is 1.21 bits per heavy atom. The summed E-state index contributed by atoms with van der Waals surface area (Å²) < 4.78 is 16.4. The van der Waals surface area contributed by atoms with Crippen LogP contribution in [0, 0.1) is 0 Å². The molecule has 1 amide bonds. The van der Waals surface area contributed by atoms with E-state index < -0.39 is 5.91 Å². The van der Waals surface area contributed by atoms with Crippen LogP contribution in [-0.2, 0) is 9.47 Å². The van der Waals surface area contributed by atoms with E-state index in [1.165, 1.54) is 0 Å². The van der Waals surface area contributed by atoms with Crippen molar-refractivity contribution < 1.29 is 19.0 Å². The molecular weight excluding hydrogens is 246 g/mol. The van der Waals surface area contributed by atoms with Crippen molar-refractivity contribution in [3.05, 3.63) is 29.8 Å². The van der Waals surface area contributed by atoms with Crippen LogP contribution in [0.15, 0.2) is 24.3 Å². The van der Waals surface area contributed by atoms with Gasteiger partial charge in [0.2, 0.25) is 0 Å². The highest BCUT2D eigenvalue weighted by molar-refractivity contribution is 5.95. The average Bonchev–Trinajstić information content (AvgIpc) is 2.39. The van der Waals surface area contributed by atoms with Crippen molar-refractivity contribution in [2.24, 2.45) is 5.73 Å². The number of nitrogens with two attached hydrogens (primary N) is 1. The standard InChI is InChI=1S/C14H21NO4/c1-3-17-13(18-4-2)9-10-19-12-8-6-5-7-11(12)14(15)16/h5-8,13H,3-4,9-10H2,1-2H3,(H2,15,16). The summed E-state index contributed by atoms with van der Waals surface area (Å²) in [6.45, 7) is 5.39. The van der Waals surface area contributed by atoms with E-state index in [1.807, 2.05) is 13.8 Å². The average molecular weight is 267 g/mol. The Balaban J connectivity index is 2.50. The van der Waals surface area contributed by atoms with Crippen LogP contribution in [0.1, 0.15) is 30.6 Å². The van der Waals surface area contributed by atoms with Crippen LogP contribution in [0.5, 0.6) is 5.75 Å². The summed E-state index contributed by atoms with van der Waals surface area (Å²) in [5.41, 5.74) is 5.65. The van der Waals surface area contributed by atoms with Gasteiger partial charge in [0, 0.05) is 19.6 Å². The summed E-state index contributed by atoms with van der Waals surface area (Å²) in [5.74, 6) is -0.0106. The maximum Gasteiger partial charge on any atom is 0.252 e. The number of ether oxygens (including phenoxy) is 3. The van der Waals surface area contributed by atoms with Crippen LogP contribution in [-0.4, -0.2) is 32.0 Å². The molecule has 0 aromatic heterocycles. The van der Waals surface area contributed by atoms with Crippen molar-refractivity contribution >= 4 is 5.91 Å². The Morgan fingerprint density at radius 3 is 2.42 bits per heavy atom. The highest BCUT2D eigenvalue weighted by atomic mass is 16.7. The third-order valence-corrected chi connectivity index (χ3v) is 2.47. The first-order valence-electron chi connectivity index (χ1n) is 6.43. The fourth-order valence-electron chi connectivity index (χ4n) is 1.65.